The van der Waals surface area contributed by atoms with E-state index in [4.69, 9.17) is 5.41 Å². The van der Waals surface area contributed by atoms with Gasteiger partial charge in [-0.2, -0.15) is 5.10 Å². The van der Waals surface area contributed by atoms with Crippen LogP contribution in [0.15, 0.2) is 64.5 Å². The molecule has 1 atom stereocenters. The summed E-state index contributed by atoms with van der Waals surface area (Å²) in [7, 11) is 1.90. The van der Waals surface area contributed by atoms with E-state index in [1.807, 2.05) is 23.9 Å². The smallest absolute Gasteiger partial charge is 0.131 e. The highest BCUT2D eigenvalue weighted by Gasteiger charge is 2.43. The number of nitrogens with zero attached hydrogens (tertiary/aromatic N) is 3. The average Bonchev–Trinajstić information content (AvgIpc) is 3.13. The molecule has 0 amide bonds. The SMILES string of the molecule is Cn1nccc1SN1CCC2=CC(Nc3ccc(F)cc3)=C(C=N)CC2(C=O)C1. The Morgan fingerprint density at radius 3 is 2.76 bits per heavy atom. The van der Waals surface area contributed by atoms with Crippen molar-refractivity contribution in [3.63, 3.8) is 0 Å². The maximum absolute atomic E-state index is 13.2. The highest BCUT2D eigenvalue weighted by molar-refractivity contribution is 7.97. The molecule has 1 aliphatic carbocycles. The summed E-state index contributed by atoms with van der Waals surface area (Å²) in [5.41, 5.74) is 2.75. The number of piperidine rings is 1. The molecule has 1 fully saturated rings. The number of aromatic nitrogens is 2. The van der Waals surface area contributed by atoms with Crippen LogP contribution in [0.2, 0.25) is 0 Å². The summed E-state index contributed by atoms with van der Waals surface area (Å²) in [5.74, 6) is -0.294. The van der Waals surface area contributed by atoms with Gasteiger partial charge in [-0.25, -0.2) is 8.70 Å². The van der Waals surface area contributed by atoms with E-state index >= 15 is 0 Å². The number of aldehydes is 1. The van der Waals surface area contributed by atoms with E-state index in [2.05, 4.69) is 14.7 Å². The quantitative estimate of drug-likeness (QED) is 0.430. The highest BCUT2D eigenvalue weighted by atomic mass is 32.2. The van der Waals surface area contributed by atoms with Gasteiger partial charge in [-0.1, -0.05) is 5.57 Å². The summed E-state index contributed by atoms with van der Waals surface area (Å²) in [5, 5.41) is 16.4. The first-order chi connectivity index (χ1) is 14.0. The van der Waals surface area contributed by atoms with Crippen LogP contribution < -0.4 is 5.32 Å². The van der Waals surface area contributed by atoms with Gasteiger partial charge in [0.1, 0.15) is 17.1 Å². The van der Waals surface area contributed by atoms with E-state index in [1.165, 1.54) is 18.3 Å². The number of nitrogens with one attached hydrogen (secondary N) is 2. The normalized spacial score (nSPS) is 22.1. The Morgan fingerprint density at radius 1 is 1.31 bits per heavy atom. The molecule has 0 radical (unpaired) electrons. The molecule has 0 spiro atoms. The van der Waals surface area contributed by atoms with E-state index in [9.17, 15) is 9.18 Å². The fourth-order valence-electron chi connectivity index (χ4n) is 3.83. The molecule has 1 aromatic carbocycles. The number of halogens is 1. The fraction of sp³-hybridized carbons (Fsp3) is 0.286. The molecule has 0 saturated carbocycles. The number of benzene rings is 1. The first-order valence-corrected chi connectivity index (χ1v) is 10.1. The van der Waals surface area contributed by atoms with Crippen molar-refractivity contribution in [2.45, 2.75) is 17.9 Å². The van der Waals surface area contributed by atoms with Gasteiger partial charge in [-0.05, 0) is 66.8 Å². The van der Waals surface area contributed by atoms with Gasteiger partial charge in [0.15, 0.2) is 0 Å². The van der Waals surface area contributed by atoms with E-state index in [0.29, 0.717) is 13.0 Å². The number of fused-ring (bicyclic) bond motifs is 1. The number of rotatable bonds is 6. The maximum Gasteiger partial charge on any atom is 0.131 e. The van der Waals surface area contributed by atoms with Gasteiger partial charge in [0, 0.05) is 37.7 Å². The van der Waals surface area contributed by atoms with Crippen molar-refractivity contribution < 1.29 is 9.18 Å². The zero-order valence-corrected chi connectivity index (χ0v) is 16.9. The van der Waals surface area contributed by atoms with Crippen molar-refractivity contribution >= 4 is 30.1 Å². The minimum Gasteiger partial charge on any atom is -0.355 e. The molecule has 150 valence electrons. The molecule has 1 unspecified atom stereocenters. The van der Waals surface area contributed by atoms with Gasteiger partial charge >= 0.3 is 0 Å². The summed E-state index contributed by atoms with van der Waals surface area (Å²) >= 11 is 1.60. The molecule has 0 bridgehead atoms. The summed E-state index contributed by atoms with van der Waals surface area (Å²) < 4.78 is 17.2. The molecular weight excluding hydrogens is 389 g/mol. The Labute approximate surface area is 173 Å². The first-order valence-electron chi connectivity index (χ1n) is 9.37. The van der Waals surface area contributed by atoms with Gasteiger partial charge < -0.3 is 15.5 Å². The molecule has 4 rings (SSSR count). The Bertz CT molecular complexity index is 997. The number of carbonyl (C=O) groups is 1. The van der Waals surface area contributed by atoms with E-state index in [1.54, 1.807) is 30.3 Å². The van der Waals surface area contributed by atoms with Crippen LogP contribution in [0.1, 0.15) is 12.8 Å². The minimum atomic E-state index is -0.634. The topological polar surface area (TPSA) is 74.0 Å². The second kappa shape index (κ2) is 7.96. The van der Waals surface area contributed by atoms with Gasteiger partial charge in [-0.15, -0.1) is 0 Å². The van der Waals surface area contributed by atoms with E-state index in [0.717, 1.165) is 46.8 Å². The molecule has 2 N–H and O–H groups in total. The van der Waals surface area contributed by atoms with Gasteiger partial charge in [0.2, 0.25) is 0 Å². The maximum atomic E-state index is 13.2. The molecule has 1 aromatic heterocycles. The molecule has 29 heavy (non-hydrogen) atoms. The van der Waals surface area contributed by atoms with Crippen molar-refractivity contribution in [3.8, 4) is 0 Å². The van der Waals surface area contributed by atoms with Crippen molar-refractivity contribution in [2.24, 2.45) is 12.5 Å². The van der Waals surface area contributed by atoms with Crippen molar-refractivity contribution in [2.75, 3.05) is 18.4 Å². The zero-order chi connectivity index (χ0) is 20.4. The number of aryl methyl sites for hydroxylation is 1. The molecule has 1 saturated heterocycles. The molecule has 2 aliphatic rings. The average molecular weight is 412 g/mol. The number of hydrogen-bond acceptors (Lipinski definition) is 6. The third-order valence-corrected chi connectivity index (χ3v) is 6.58. The van der Waals surface area contributed by atoms with Crippen molar-refractivity contribution in [1.29, 1.82) is 5.41 Å². The third kappa shape index (κ3) is 3.90. The van der Waals surface area contributed by atoms with Crippen LogP contribution in [0.4, 0.5) is 10.1 Å². The largest absolute Gasteiger partial charge is 0.355 e. The lowest BCUT2D eigenvalue weighted by atomic mass is 9.69. The zero-order valence-electron chi connectivity index (χ0n) is 16.1. The summed E-state index contributed by atoms with van der Waals surface area (Å²) in [4.78, 5) is 12.2. The van der Waals surface area contributed by atoms with Crippen LogP contribution in [-0.2, 0) is 11.8 Å². The number of anilines is 1. The van der Waals surface area contributed by atoms with E-state index < -0.39 is 5.41 Å². The highest BCUT2D eigenvalue weighted by Crippen LogP contribution is 2.45. The van der Waals surface area contributed by atoms with Gasteiger partial charge in [0.25, 0.3) is 0 Å². The lowest BCUT2D eigenvalue weighted by Gasteiger charge is -2.43. The lowest BCUT2D eigenvalue weighted by molar-refractivity contribution is -0.115. The van der Waals surface area contributed by atoms with Gasteiger partial charge in [0.05, 0.1) is 11.6 Å². The Balaban J connectivity index is 1.57. The van der Waals surface area contributed by atoms with Gasteiger partial charge in [-0.3, -0.25) is 4.68 Å². The second-order valence-electron chi connectivity index (χ2n) is 7.33. The monoisotopic (exact) mass is 411 g/mol. The summed E-state index contributed by atoms with van der Waals surface area (Å²) in [6.07, 6.45) is 7.33. The Kier molecular flexibility index (Phi) is 5.38. The third-order valence-electron chi connectivity index (χ3n) is 5.42. The van der Waals surface area contributed by atoms with Crippen LogP contribution in [0.3, 0.4) is 0 Å². The number of allylic oxidation sites excluding steroid dienone is 2. The standard InChI is InChI=1S/C21H22FN5OS/c1-26-20(6-8-24-26)29-27-9-7-16-10-19(25-18-4-2-17(22)3-5-18)15(12-23)11-21(16,13-27)14-28/h2-6,8,10,12,14,23,25H,7,9,11,13H2,1H3. The van der Waals surface area contributed by atoms with Crippen LogP contribution >= 0.6 is 11.9 Å². The molecule has 2 heterocycles. The predicted octanol–water partition coefficient (Wildman–Crippen LogP) is 3.80. The van der Waals surface area contributed by atoms with Crippen LogP contribution in [0.25, 0.3) is 0 Å². The van der Waals surface area contributed by atoms with Crippen LogP contribution in [-0.4, -0.2) is 39.7 Å². The minimum absolute atomic E-state index is 0.294. The lowest BCUT2D eigenvalue weighted by Crippen LogP contribution is -2.45. The molecule has 6 nitrogen and oxygen atoms in total. The van der Waals surface area contributed by atoms with Crippen molar-refractivity contribution in [1.82, 2.24) is 14.1 Å². The number of carbonyl (C=O) groups excluding carboxylic acids is 1. The predicted molar refractivity (Wildman–Crippen MR) is 112 cm³/mol. The summed E-state index contributed by atoms with van der Waals surface area (Å²) in [6, 6.07) is 8.08. The second-order valence-corrected chi connectivity index (χ2v) is 8.45. The van der Waals surface area contributed by atoms with Crippen LogP contribution in [0, 0.1) is 16.6 Å². The Hall–Kier alpha value is -2.71. The summed E-state index contributed by atoms with van der Waals surface area (Å²) in [6.45, 7) is 1.40. The van der Waals surface area contributed by atoms with Crippen molar-refractivity contribution in [3.05, 3.63) is 65.3 Å². The van der Waals surface area contributed by atoms with Crippen LogP contribution in [0.5, 0.6) is 0 Å². The molecule has 8 heteroatoms. The first kappa shape index (κ1) is 19.6. The van der Waals surface area contributed by atoms with E-state index in [-0.39, 0.29) is 5.82 Å². The Morgan fingerprint density at radius 2 is 2.10 bits per heavy atom. The fourth-order valence-corrected chi connectivity index (χ4v) is 4.86. The molecule has 2 aromatic rings. The number of hydrogen-bond donors (Lipinski definition) is 2. The molecule has 1 aliphatic heterocycles. The molecular formula is C21H22FN5OS.